The minimum atomic E-state index is -0.901. The molecular formula is C16H20ClNO3. The molecule has 1 N–H and O–H groups in total. The molecule has 1 saturated heterocycles. The molecule has 1 atom stereocenters. The van der Waals surface area contributed by atoms with E-state index in [1.54, 1.807) is 0 Å². The predicted molar refractivity (Wildman–Crippen MR) is 81.5 cm³/mol. The third-order valence-electron chi connectivity index (χ3n) is 3.97. The number of carboxylic acid groups (broad SMARTS) is 1. The van der Waals surface area contributed by atoms with Crippen LogP contribution in [0, 0.1) is 6.92 Å². The van der Waals surface area contributed by atoms with Gasteiger partial charge in [0.15, 0.2) is 0 Å². The van der Waals surface area contributed by atoms with Crippen molar-refractivity contribution in [2.45, 2.75) is 45.1 Å². The Balaban J connectivity index is 1.96. The van der Waals surface area contributed by atoms with E-state index in [2.05, 4.69) is 0 Å². The van der Waals surface area contributed by atoms with Crippen molar-refractivity contribution in [1.82, 2.24) is 4.90 Å². The van der Waals surface area contributed by atoms with Crippen molar-refractivity contribution in [2.24, 2.45) is 0 Å². The van der Waals surface area contributed by atoms with Gasteiger partial charge >= 0.3 is 5.97 Å². The van der Waals surface area contributed by atoms with Crippen LogP contribution in [0.3, 0.4) is 0 Å². The topological polar surface area (TPSA) is 57.6 Å². The van der Waals surface area contributed by atoms with Crippen LogP contribution < -0.4 is 0 Å². The fourth-order valence-corrected chi connectivity index (χ4v) is 2.88. The fraction of sp³-hybridized carbons (Fsp3) is 0.500. The molecule has 0 bridgehead atoms. The number of piperidine rings is 1. The molecule has 1 aromatic rings. The normalized spacial score (nSPS) is 18.6. The maximum Gasteiger partial charge on any atom is 0.326 e. The van der Waals surface area contributed by atoms with Crippen molar-refractivity contribution in [3.05, 3.63) is 34.3 Å². The van der Waals surface area contributed by atoms with Crippen LogP contribution in [0.25, 0.3) is 0 Å². The second-order valence-corrected chi connectivity index (χ2v) is 5.93. The number of amides is 1. The van der Waals surface area contributed by atoms with Gasteiger partial charge in [-0.2, -0.15) is 0 Å². The molecule has 0 aliphatic carbocycles. The van der Waals surface area contributed by atoms with Gasteiger partial charge in [-0.3, -0.25) is 4.79 Å². The number of carboxylic acids is 1. The quantitative estimate of drug-likeness (QED) is 0.930. The van der Waals surface area contributed by atoms with Crippen LogP contribution in [0.4, 0.5) is 0 Å². The summed E-state index contributed by atoms with van der Waals surface area (Å²) < 4.78 is 0. The summed E-state index contributed by atoms with van der Waals surface area (Å²) in [7, 11) is 0. The van der Waals surface area contributed by atoms with Crippen molar-refractivity contribution in [2.75, 3.05) is 6.54 Å². The first-order valence-electron chi connectivity index (χ1n) is 7.26. The van der Waals surface area contributed by atoms with E-state index < -0.39 is 12.0 Å². The number of likely N-dealkylation sites (tertiary alicyclic amines) is 1. The Morgan fingerprint density at radius 2 is 2.14 bits per heavy atom. The molecule has 0 unspecified atom stereocenters. The summed E-state index contributed by atoms with van der Waals surface area (Å²) in [4.78, 5) is 25.0. The molecule has 21 heavy (non-hydrogen) atoms. The zero-order chi connectivity index (χ0) is 15.4. The third kappa shape index (κ3) is 3.97. The molecule has 1 aromatic carbocycles. The summed E-state index contributed by atoms with van der Waals surface area (Å²) in [5.74, 6) is -0.986. The zero-order valence-corrected chi connectivity index (χ0v) is 12.9. The Labute approximate surface area is 129 Å². The van der Waals surface area contributed by atoms with Crippen molar-refractivity contribution in [1.29, 1.82) is 0 Å². The van der Waals surface area contributed by atoms with Crippen molar-refractivity contribution < 1.29 is 14.7 Å². The molecule has 1 amide bonds. The Morgan fingerprint density at radius 1 is 1.38 bits per heavy atom. The maximum absolute atomic E-state index is 12.3. The lowest BCUT2D eigenvalue weighted by Gasteiger charge is -2.33. The number of hydrogen-bond donors (Lipinski definition) is 1. The van der Waals surface area contributed by atoms with E-state index in [1.807, 2.05) is 25.1 Å². The van der Waals surface area contributed by atoms with E-state index in [9.17, 15) is 14.7 Å². The lowest BCUT2D eigenvalue weighted by molar-refractivity contribution is -0.152. The van der Waals surface area contributed by atoms with Crippen molar-refractivity contribution in [3.63, 3.8) is 0 Å². The van der Waals surface area contributed by atoms with Crippen LogP contribution in [0.15, 0.2) is 18.2 Å². The monoisotopic (exact) mass is 309 g/mol. The highest BCUT2D eigenvalue weighted by atomic mass is 35.5. The molecule has 1 fully saturated rings. The number of aryl methyl sites for hydroxylation is 2. The highest BCUT2D eigenvalue weighted by molar-refractivity contribution is 6.31. The van der Waals surface area contributed by atoms with E-state index in [0.717, 1.165) is 24.0 Å². The first-order valence-corrected chi connectivity index (χ1v) is 7.64. The average Bonchev–Trinajstić information content (AvgIpc) is 2.48. The Hall–Kier alpha value is -1.55. The fourth-order valence-electron chi connectivity index (χ4n) is 2.67. The number of aliphatic carboxylic acids is 1. The molecule has 114 valence electrons. The van der Waals surface area contributed by atoms with Gasteiger partial charge in [0.25, 0.3) is 0 Å². The van der Waals surface area contributed by atoms with Crippen LogP contribution in [0.1, 0.15) is 36.8 Å². The molecular weight excluding hydrogens is 290 g/mol. The van der Waals surface area contributed by atoms with Gasteiger partial charge in [0.1, 0.15) is 6.04 Å². The molecule has 0 spiro atoms. The number of carbonyl (C=O) groups excluding carboxylic acids is 1. The van der Waals surface area contributed by atoms with Gasteiger partial charge in [0, 0.05) is 18.0 Å². The van der Waals surface area contributed by atoms with Gasteiger partial charge in [-0.05, 0) is 49.8 Å². The smallest absolute Gasteiger partial charge is 0.326 e. The number of benzene rings is 1. The average molecular weight is 310 g/mol. The Morgan fingerprint density at radius 3 is 2.81 bits per heavy atom. The van der Waals surface area contributed by atoms with E-state index in [0.29, 0.717) is 30.8 Å². The molecule has 4 nitrogen and oxygen atoms in total. The van der Waals surface area contributed by atoms with Crippen LogP contribution in [-0.4, -0.2) is 34.5 Å². The van der Waals surface area contributed by atoms with Crippen LogP contribution in [-0.2, 0) is 16.0 Å². The minimum absolute atomic E-state index is 0.0844. The number of halogens is 1. The maximum atomic E-state index is 12.3. The summed E-state index contributed by atoms with van der Waals surface area (Å²) in [6.07, 6.45) is 3.21. The van der Waals surface area contributed by atoms with E-state index in [-0.39, 0.29) is 5.91 Å². The van der Waals surface area contributed by atoms with E-state index in [4.69, 9.17) is 11.6 Å². The summed E-state index contributed by atoms with van der Waals surface area (Å²) in [6.45, 7) is 2.48. The summed E-state index contributed by atoms with van der Waals surface area (Å²) in [5.41, 5.74) is 2.01. The van der Waals surface area contributed by atoms with Gasteiger partial charge < -0.3 is 10.0 Å². The van der Waals surface area contributed by atoms with Crippen LogP contribution >= 0.6 is 11.6 Å². The molecule has 1 aliphatic rings. The highest BCUT2D eigenvalue weighted by Crippen LogP contribution is 2.20. The molecule has 0 saturated carbocycles. The van der Waals surface area contributed by atoms with Crippen LogP contribution in [0.5, 0.6) is 0 Å². The molecule has 2 rings (SSSR count). The second-order valence-electron chi connectivity index (χ2n) is 5.52. The predicted octanol–water partition coefficient (Wildman–Crippen LogP) is 3.05. The lowest BCUT2D eigenvalue weighted by atomic mass is 10.0. The molecule has 1 heterocycles. The van der Waals surface area contributed by atoms with Crippen LogP contribution in [0.2, 0.25) is 5.02 Å². The number of carbonyl (C=O) groups is 2. The standard InChI is InChI=1S/C16H20ClNO3/c1-11-5-6-12(10-13(11)17)7-8-15(19)18-9-3-2-4-14(18)16(20)21/h5-6,10,14H,2-4,7-9H2,1H3,(H,20,21)/t14-/m0/s1. The van der Waals surface area contributed by atoms with E-state index >= 15 is 0 Å². The van der Waals surface area contributed by atoms with Gasteiger partial charge in [-0.25, -0.2) is 4.79 Å². The molecule has 0 radical (unpaired) electrons. The highest BCUT2D eigenvalue weighted by Gasteiger charge is 2.31. The minimum Gasteiger partial charge on any atom is -0.480 e. The molecule has 1 aliphatic heterocycles. The Kier molecular flexibility index (Phi) is 5.23. The van der Waals surface area contributed by atoms with Gasteiger partial charge in [0.05, 0.1) is 0 Å². The largest absolute Gasteiger partial charge is 0.480 e. The van der Waals surface area contributed by atoms with Gasteiger partial charge in [-0.1, -0.05) is 23.7 Å². The summed E-state index contributed by atoms with van der Waals surface area (Å²) >= 11 is 6.07. The molecule has 5 heteroatoms. The van der Waals surface area contributed by atoms with E-state index in [1.165, 1.54) is 4.90 Å². The summed E-state index contributed by atoms with van der Waals surface area (Å²) in [5, 5.41) is 9.89. The number of nitrogens with zero attached hydrogens (tertiary/aromatic N) is 1. The third-order valence-corrected chi connectivity index (χ3v) is 4.38. The number of rotatable bonds is 4. The SMILES string of the molecule is Cc1ccc(CCC(=O)N2CCCC[C@H]2C(=O)O)cc1Cl. The van der Waals surface area contributed by atoms with Gasteiger partial charge in [0.2, 0.25) is 5.91 Å². The van der Waals surface area contributed by atoms with Crippen molar-refractivity contribution in [3.8, 4) is 0 Å². The zero-order valence-electron chi connectivity index (χ0n) is 12.1. The first kappa shape index (κ1) is 15.8. The summed E-state index contributed by atoms with van der Waals surface area (Å²) in [6, 6.07) is 5.10. The first-order chi connectivity index (χ1) is 9.99. The lowest BCUT2D eigenvalue weighted by Crippen LogP contribution is -2.48. The second kappa shape index (κ2) is 6.94. The van der Waals surface area contributed by atoms with Gasteiger partial charge in [-0.15, -0.1) is 0 Å². The van der Waals surface area contributed by atoms with Crippen molar-refractivity contribution >= 4 is 23.5 Å². The molecule has 0 aromatic heterocycles. The number of hydrogen-bond acceptors (Lipinski definition) is 2. The Bertz CT molecular complexity index is 544.